The van der Waals surface area contributed by atoms with E-state index in [4.69, 9.17) is 14.5 Å². The van der Waals surface area contributed by atoms with E-state index in [1.165, 1.54) is 25.9 Å². The van der Waals surface area contributed by atoms with Crippen LogP contribution in [-0.2, 0) is 6.54 Å². The molecule has 2 aromatic heterocycles. The smallest absolute Gasteiger partial charge is 0.194 e. The molecule has 1 aliphatic rings. The average molecular weight is 356 g/mol. The van der Waals surface area contributed by atoms with Crippen molar-refractivity contribution in [3.63, 3.8) is 0 Å². The van der Waals surface area contributed by atoms with E-state index >= 15 is 0 Å². The molecule has 4 rings (SSSR count). The molecule has 0 saturated carbocycles. The van der Waals surface area contributed by atoms with Gasteiger partial charge in [0.25, 0.3) is 0 Å². The summed E-state index contributed by atoms with van der Waals surface area (Å²) >= 11 is 0. The summed E-state index contributed by atoms with van der Waals surface area (Å²) in [7, 11) is 3.27. The van der Waals surface area contributed by atoms with E-state index in [1.54, 1.807) is 19.1 Å². The molecule has 2 atom stereocenters. The second-order valence-corrected chi connectivity index (χ2v) is 7.29. The lowest BCUT2D eigenvalue weighted by molar-refractivity contribution is -0.922. The van der Waals surface area contributed by atoms with Crippen LogP contribution in [0.25, 0.3) is 16.6 Å². The highest BCUT2D eigenvalue weighted by Gasteiger charge is 2.23. The molecule has 1 fully saturated rings. The van der Waals surface area contributed by atoms with Crippen molar-refractivity contribution in [2.45, 2.75) is 33.2 Å². The Labute approximate surface area is 152 Å². The number of piperidine rings is 1. The van der Waals surface area contributed by atoms with Crippen molar-refractivity contribution in [1.82, 2.24) is 19.6 Å². The molecule has 7 nitrogen and oxygen atoms in total. The maximum Gasteiger partial charge on any atom is 0.194 e. The molecular weight excluding hydrogens is 330 g/mol. The van der Waals surface area contributed by atoms with Gasteiger partial charge in [-0.15, -0.1) is 10.2 Å². The number of benzene rings is 1. The lowest BCUT2D eigenvalue weighted by atomic mass is 10.0. The van der Waals surface area contributed by atoms with Crippen LogP contribution in [0, 0.1) is 12.8 Å². The molecule has 1 saturated heterocycles. The maximum absolute atomic E-state index is 5.45. The molecule has 1 aromatic carbocycles. The minimum absolute atomic E-state index is 0.669. The van der Waals surface area contributed by atoms with Crippen LogP contribution in [0.2, 0.25) is 0 Å². The lowest BCUT2D eigenvalue weighted by Gasteiger charge is -2.27. The fourth-order valence-corrected chi connectivity index (χ4v) is 4.09. The number of aromatic nitrogens is 4. The predicted molar refractivity (Wildman–Crippen MR) is 98.9 cm³/mol. The van der Waals surface area contributed by atoms with Gasteiger partial charge in [-0.05, 0) is 25.8 Å². The van der Waals surface area contributed by atoms with Crippen LogP contribution in [0.5, 0.6) is 11.5 Å². The Morgan fingerprint density at radius 1 is 1.19 bits per heavy atom. The molecule has 3 aromatic rings. The van der Waals surface area contributed by atoms with E-state index < -0.39 is 0 Å². The quantitative estimate of drug-likeness (QED) is 0.766. The Kier molecular flexibility index (Phi) is 4.40. The van der Waals surface area contributed by atoms with Crippen LogP contribution in [0.15, 0.2) is 12.1 Å². The zero-order chi connectivity index (χ0) is 18.3. The van der Waals surface area contributed by atoms with Gasteiger partial charge in [-0.1, -0.05) is 6.92 Å². The predicted octanol–water partition coefficient (Wildman–Crippen LogP) is 1.42. The zero-order valence-corrected chi connectivity index (χ0v) is 15.9. The third kappa shape index (κ3) is 2.86. The minimum Gasteiger partial charge on any atom is -0.493 e. The number of nitrogens with one attached hydrogen (secondary N) is 1. The molecule has 26 heavy (non-hydrogen) atoms. The van der Waals surface area contributed by atoms with Crippen molar-refractivity contribution < 1.29 is 14.4 Å². The number of quaternary nitrogens is 1. The van der Waals surface area contributed by atoms with E-state index in [2.05, 4.69) is 21.5 Å². The number of methoxy groups -OCH3 is 2. The summed E-state index contributed by atoms with van der Waals surface area (Å²) in [5, 5.41) is 9.91. The molecule has 1 N–H and O–H groups in total. The largest absolute Gasteiger partial charge is 0.493 e. The average Bonchev–Trinajstić information content (AvgIpc) is 3.05. The van der Waals surface area contributed by atoms with Crippen LogP contribution in [0.3, 0.4) is 0 Å². The Balaban J connectivity index is 1.81. The first-order valence-electron chi connectivity index (χ1n) is 9.20. The molecule has 1 unspecified atom stereocenters. The van der Waals surface area contributed by atoms with Gasteiger partial charge in [0.1, 0.15) is 12.4 Å². The van der Waals surface area contributed by atoms with Crippen molar-refractivity contribution in [2.75, 3.05) is 27.3 Å². The fraction of sp³-hybridized carbons (Fsp3) is 0.526. The number of ether oxygens (including phenoxy) is 2. The topological polar surface area (TPSA) is 66.0 Å². The summed E-state index contributed by atoms with van der Waals surface area (Å²) < 4.78 is 12.9. The van der Waals surface area contributed by atoms with Gasteiger partial charge < -0.3 is 14.4 Å². The first kappa shape index (κ1) is 17.0. The summed E-state index contributed by atoms with van der Waals surface area (Å²) in [4.78, 5) is 6.34. The Hall–Kier alpha value is -2.41. The highest BCUT2D eigenvalue weighted by molar-refractivity contribution is 5.93. The number of fused-ring (bicyclic) bond motifs is 3. The SMILES string of the molecule is COc1cc2nc(C)n3c(C[NH+]4CCC[C@H](C)C4)nnc3c2cc1OC. The lowest BCUT2D eigenvalue weighted by Crippen LogP contribution is -3.12. The van der Waals surface area contributed by atoms with Gasteiger partial charge in [0.05, 0.1) is 32.8 Å². The van der Waals surface area contributed by atoms with Gasteiger partial charge in [0.15, 0.2) is 23.0 Å². The summed E-state index contributed by atoms with van der Waals surface area (Å²) in [6.07, 6.45) is 2.61. The van der Waals surface area contributed by atoms with Crippen LogP contribution in [0.4, 0.5) is 0 Å². The molecule has 138 valence electrons. The Bertz CT molecular complexity index is 952. The highest BCUT2D eigenvalue weighted by atomic mass is 16.5. The highest BCUT2D eigenvalue weighted by Crippen LogP contribution is 2.33. The molecular formula is C19H26N5O2+. The summed E-state index contributed by atoms with van der Waals surface area (Å²) in [6, 6.07) is 3.83. The fourth-order valence-electron chi connectivity index (χ4n) is 4.09. The molecule has 7 heteroatoms. The third-order valence-electron chi connectivity index (χ3n) is 5.35. The van der Waals surface area contributed by atoms with E-state index in [0.717, 1.165) is 40.7 Å². The Morgan fingerprint density at radius 3 is 2.69 bits per heavy atom. The van der Waals surface area contributed by atoms with Crippen LogP contribution in [-0.4, -0.2) is 46.9 Å². The van der Waals surface area contributed by atoms with E-state index in [0.29, 0.717) is 11.5 Å². The van der Waals surface area contributed by atoms with Crippen LogP contribution in [0.1, 0.15) is 31.4 Å². The minimum atomic E-state index is 0.669. The summed E-state index contributed by atoms with van der Waals surface area (Å²) in [5.74, 6) is 3.99. The number of rotatable bonds is 4. The molecule has 0 bridgehead atoms. The van der Waals surface area contributed by atoms with Crippen LogP contribution >= 0.6 is 0 Å². The number of hydrogen-bond acceptors (Lipinski definition) is 5. The van der Waals surface area contributed by atoms with Gasteiger partial charge in [-0.2, -0.15) is 0 Å². The number of aryl methyl sites for hydroxylation is 1. The number of nitrogens with zero attached hydrogens (tertiary/aromatic N) is 4. The standard InChI is InChI=1S/C19H25N5O2/c1-12-6-5-7-23(10-12)11-18-21-22-19-14-8-16(25-3)17(26-4)9-15(14)20-13(2)24(18)19/h8-9,12H,5-7,10-11H2,1-4H3/p+1/t12-/m0/s1. The molecule has 1 aliphatic heterocycles. The van der Waals surface area contributed by atoms with Crippen molar-refractivity contribution in [3.05, 3.63) is 23.8 Å². The van der Waals surface area contributed by atoms with Crippen molar-refractivity contribution in [3.8, 4) is 11.5 Å². The van der Waals surface area contributed by atoms with Crippen LogP contribution < -0.4 is 14.4 Å². The first-order chi connectivity index (χ1) is 12.6. The maximum atomic E-state index is 5.45. The third-order valence-corrected chi connectivity index (χ3v) is 5.35. The molecule has 0 aliphatic carbocycles. The van der Waals surface area contributed by atoms with Crippen molar-refractivity contribution in [2.24, 2.45) is 5.92 Å². The number of likely N-dealkylation sites (tertiary alicyclic amines) is 1. The van der Waals surface area contributed by atoms with Crippen molar-refractivity contribution >= 4 is 16.6 Å². The summed E-state index contributed by atoms with van der Waals surface area (Å²) in [6.45, 7) is 7.61. The van der Waals surface area contributed by atoms with E-state index in [-0.39, 0.29) is 0 Å². The second-order valence-electron chi connectivity index (χ2n) is 7.29. The normalized spacial score (nSPS) is 20.6. The monoisotopic (exact) mass is 356 g/mol. The Morgan fingerprint density at radius 2 is 1.96 bits per heavy atom. The van der Waals surface area contributed by atoms with Gasteiger partial charge >= 0.3 is 0 Å². The summed E-state index contributed by atoms with van der Waals surface area (Å²) in [5.41, 5.74) is 1.67. The second kappa shape index (κ2) is 6.72. The van der Waals surface area contributed by atoms with Gasteiger partial charge in [0, 0.05) is 17.4 Å². The van der Waals surface area contributed by atoms with Gasteiger partial charge in [-0.3, -0.25) is 4.40 Å². The van der Waals surface area contributed by atoms with E-state index in [1.807, 2.05) is 19.1 Å². The number of hydrogen-bond donors (Lipinski definition) is 1. The first-order valence-corrected chi connectivity index (χ1v) is 9.20. The molecule has 3 heterocycles. The van der Waals surface area contributed by atoms with Crippen molar-refractivity contribution in [1.29, 1.82) is 0 Å². The van der Waals surface area contributed by atoms with E-state index in [9.17, 15) is 0 Å². The zero-order valence-electron chi connectivity index (χ0n) is 15.9. The molecule has 0 radical (unpaired) electrons. The van der Waals surface area contributed by atoms with Gasteiger partial charge in [-0.25, -0.2) is 4.98 Å². The molecule has 0 spiro atoms. The van der Waals surface area contributed by atoms with Gasteiger partial charge in [0.2, 0.25) is 0 Å². The molecule has 0 amide bonds.